The number of methoxy groups -OCH3 is 1. The van der Waals surface area contributed by atoms with Gasteiger partial charge < -0.3 is 14.3 Å². The van der Waals surface area contributed by atoms with Crippen molar-refractivity contribution >= 4 is 5.97 Å². The Morgan fingerprint density at radius 3 is 2.69 bits per heavy atom. The molecule has 1 aromatic carbocycles. The van der Waals surface area contributed by atoms with Gasteiger partial charge in [0.1, 0.15) is 17.6 Å². The Bertz CT molecular complexity index is 513. The lowest BCUT2D eigenvalue weighted by Crippen LogP contribution is -1.97. The summed E-state index contributed by atoms with van der Waals surface area (Å²) in [5.74, 6) is -0.402. The molecular formula is C12H10O4. The molecule has 4 nitrogen and oxygen atoms in total. The maximum atomic E-state index is 11.0. The SMILES string of the molecule is COc1ccccc1-c1cocc1C(=O)O. The van der Waals surface area contributed by atoms with Gasteiger partial charge in [0.05, 0.1) is 13.4 Å². The third-order valence-electron chi connectivity index (χ3n) is 2.29. The molecule has 0 aliphatic rings. The zero-order valence-corrected chi connectivity index (χ0v) is 8.64. The highest BCUT2D eigenvalue weighted by molar-refractivity contribution is 5.96. The fourth-order valence-corrected chi connectivity index (χ4v) is 1.54. The summed E-state index contributed by atoms with van der Waals surface area (Å²) in [7, 11) is 1.54. The van der Waals surface area contributed by atoms with Crippen molar-refractivity contribution in [2.75, 3.05) is 7.11 Å². The number of hydrogen-bond acceptors (Lipinski definition) is 3. The van der Waals surface area contributed by atoms with Gasteiger partial charge in [-0.05, 0) is 6.07 Å². The second-order valence-corrected chi connectivity index (χ2v) is 3.20. The molecule has 82 valence electrons. The van der Waals surface area contributed by atoms with Crippen molar-refractivity contribution in [3.63, 3.8) is 0 Å². The van der Waals surface area contributed by atoms with E-state index in [2.05, 4.69) is 0 Å². The monoisotopic (exact) mass is 218 g/mol. The van der Waals surface area contributed by atoms with Crippen LogP contribution in [0.25, 0.3) is 11.1 Å². The van der Waals surface area contributed by atoms with E-state index in [1.807, 2.05) is 12.1 Å². The molecular weight excluding hydrogens is 208 g/mol. The first-order chi connectivity index (χ1) is 7.74. The minimum atomic E-state index is -1.02. The van der Waals surface area contributed by atoms with Gasteiger partial charge in [-0.1, -0.05) is 18.2 Å². The predicted molar refractivity (Wildman–Crippen MR) is 57.7 cm³/mol. The van der Waals surface area contributed by atoms with Gasteiger partial charge in [-0.3, -0.25) is 0 Å². The van der Waals surface area contributed by atoms with Crippen LogP contribution in [0.15, 0.2) is 41.2 Å². The van der Waals surface area contributed by atoms with Crippen LogP contribution in [0.3, 0.4) is 0 Å². The summed E-state index contributed by atoms with van der Waals surface area (Å²) >= 11 is 0. The topological polar surface area (TPSA) is 59.7 Å². The highest BCUT2D eigenvalue weighted by atomic mass is 16.5. The van der Waals surface area contributed by atoms with Crippen LogP contribution in [0, 0.1) is 0 Å². The van der Waals surface area contributed by atoms with E-state index in [1.54, 1.807) is 19.2 Å². The third kappa shape index (κ3) is 1.65. The molecule has 0 fully saturated rings. The van der Waals surface area contributed by atoms with E-state index in [9.17, 15) is 4.79 Å². The second kappa shape index (κ2) is 4.10. The van der Waals surface area contributed by atoms with Crippen molar-refractivity contribution in [2.45, 2.75) is 0 Å². The lowest BCUT2D eigenvalue weighted by Gasteiger charge is -2.06. The van der Waals surface area contributed by atoms with Gasteiger partial charge in [0.15, 0.2) is 0 Å². The van der Waals surface area contributed by atoms with Gasteiger partial charge in [-0.15, -0.1) is 0 Å². The maximum Gasteiger partial charge on any atom is 0.339 e. The van der Waals surface area contributed by atoms with E-state index in [1.165, 1.54) is 12.5 Å². The number of ether oxygens (including phenoxy) is 1. The van der Waals surface area contributed by atoms with Crippen LogP contribution in [0.4, 0.5) is 0 Å². The van der Waals surface area contributed by atoms with Gasteiger partial charge in [0, 0.05) is 11.1 Å². The van der Waals surface area contributed by atoms with Crippen molar-refractivity contribution in [1.82, 2.24) is 0 Å². The molecule has 1 heterocycles. The molecule has 0 saturated heterocycles. The van der Waals surface area contributed by atoms with Gasteiger partial charge in [0.25, 0.3) is 0 Å². The number of carboxylic acids is 1. The summed E-state index contributed by atoms with van der Waals surface area (Å²) in [5.41, 5.74) is 1.35. The number of hydrogen-bond donors (Lipinski definition) is 1. The van der Waals surface area contributed by atoms with E-state index in [4.69, 9.17) is 14.3 Å². The van der Waals surface area contributed by atoms with Crippen LogP contribution >= 0.6 is 0 Å². The second-order valence-electron chi connectivity index (χ2n) is 3.20. The molecule has 0 unspecified atom stereocenters. The van der Waals surface area contributed by atoms with Gasteiger partial charge in [-0.25, -0.2) is 4.79 Å². The number of para-hydroxylation sites is 1. The number of carboxylic acid groups (broad SMARTS) is 1. The van der Waals surface area contributed by atoms with Gasteiger partial charge in [0.2, 0.25) is 0 Å². The molecule has 4 heteroatoms. The Kier molecular flexibility index (Phi) is 2.64. The number of furan rings is 1. The molecule has 0 aliphatic carbocycles. The van der Waals surface area contributed by atoms with Crippen LogP contribution in [-0.4, -0.2) is 18.2 Å². The molecule has 0 atom stereocenters. The summed E-state index contributed by atoms with van der Waals surface area (Å²) in [4.78, 5) is 11.0. The Morgan fingerprint density at radius 2 is 2.00 bits per heavy atom. The average Bonchev–Trinajstić information content (AvgIpc) is 2.77. The summed E-state index contributed by atoms with van der Waals surface area (Å²) in [6, 6.07) is 7.20. The summed E-state index contributed by atoms with van der Waals surface area (Å²) in [5, 5.41) is 8.98. The lowest BCUT2D eigenvalue weighted by molar-refractivity contribution is 0.0697. The summed E-state index contributed by atoms with van der Waals surface area (Å²) in [6.07, 6.45) is 2.62. The number of rotatable bonds is 3. The summed E-state index contributed by atoms with van der Waals surface area (Å²) < 4.78 is 10.1. The van der Waals surface area contributed by atoms with Gasteiger partial charge >= 0.3 is 5.97 Å². The molecule has 1 N–H and O–H groups in total. The van der Waals surface area contributed by atoms with Crippen LogP contribution < -0.4 is 4.74 Å². The molecule has 0 spiro atoms. The zero-order chi connectivity index (χ0) is 11.5. The molecule has 0 amide bonds. The highest BCUT2D eigenvalue weighted by Gasteiger charge is 2.16. The van der Waals surface area contributed by atoms with Crippen LogP contribution in [0.1, 0.15) is 10.4 Å². The van der Waals surface area contributed by atoms with Crippen LogP contribution in [0.5, 0.6) is 5.75 Å². The van der Waals surface area contributed by atoms with Crippen molar-refractivity contribution in [3.8, 4) is 16.9 Å². The number of benzene rings is 1. The average molecular weight is 218 g/mol. The predicted octanol–water partition coefficient (Wildman–Crippen LogP) is 2.65. The Morgan fingerprint density at radius 1 is 1.25 bits per heavy atom. The molecule has 2 aromatic rings. The largest absolute Gasteiger partial charge is 0.496 e. The Labute approximate surface area is 92.1 Å². The normalized spacial score (nSPS) is 10.1. The minimum Gasteiger partial charge on any atom is -0.496 e. The van der Waals surface area contributed by atoms with E-state index in [0.717, 1.165) is 0 Å². The molecule has 16 heavy (non-hydrogen) atoms. The zero-order valence-electron chi connectivity index (χ0n) is 8.64. The van der Waals surface area contributed by atoms with Crippen molar-refractivity contribution in [3.05, 3.63) is 42.4 Å². The van der Waals surface area contributed by atoms with Crippen molar-refractivity contribution in [2.24, 2.45) is 0 Å². The molecule has 0 bridgehead atoms. The first-order valence-electron chi connectivity index (χ1n) is 4.67. The Balaban J connectivity index is 2.58. The van der Waals surface area contributed by atoms with E-state index >= 15 is 0 Å². The smallest absolute Gasteiger partial charge is 0.339 e. The van der Waals surface area contributed by atoms with Crippen LogP contribution in [0.2, 0.25) is 0 Å². The molecule has 0 aliphatic heterocycles. The van der Waals surface area contributed by atoms with E-state index in [0.29, 0.717) is 16.9 Å². The quantitative estimate of drug-likeness (QED) is 0.860. The lowest BCUT2D eigenvalue weighted by atomic mass is 10.0. The fourth-order valence-electron chi connectivity index (χ4n) is 1.54. The third-order valence-corrected chi connectivity index (χ3v) is 2.29. The first-order valence-corrected chi connectivity index (χ1v) is 4.67. The fraction of sp³-hybridized carbons (Fsp3) is 0.0833. The molecule has 2 rings (SSSR count). The van der Waals surface area contributed by atoms with E-state index < -0.39 is 5.97 Å². The minimum absolute atomic E-state index is 0.129. The standard InChI is InChI=1S/C12H10O4/c1-15-11-5-3-2-4-8(11)9-6-16-7-10(9)12(13)14/h2-7H,1H3,(H,13,14). The van der Waals surface area contributed by atoms with E-state index in [-0.39, 0.29) is 5.56 Å². The highest BCUT2D eigenvalue weighted by Crippen LogP contribution is 2.32. The number of aromatic carboxylic acids is 1. The Hall–Kier alpha value is -2.23. The maximum absolute atomic E-state index is 11.0. The molecule has 0 radical (unpaired) electrons. The molecule has 1 aromatic heterocycles. The summed E-state index contributed by atoms with van der Waals surface area (Å²) in [6.45, 7) is 0. The number of carbonyl (C=O) groups is 1. The van der Waals surface area contributed by atoms with Crippen molar-refractivity contribution < 1.29 is 19.1 Å². The molecule has 0 saturated carbocycles. The van der Waals surface area contributed by atoms with Crippen LogP contribution in [-0.2, 0) is 0 Å². The first kappa shape index (κ1) is 10.3. The van der Waals surface area contributed by atoms with Gasteiger partial charge in [-0.2, -0.15) is 0 Å². The van der Waals surface area contributed by atoms with Crippen molar-refractivity contribution in [1.29, 1.82) is 0 Å².